The highest BCUT2D eigenvalue weighted by molar-refractivity contribution is 6.33. The first-order valence-electron chi connectivity index (χ1n) is 13.2. The molecule has 1 saturated heterocycles. The predicted molar refractivity (Wildman–Crippen MR) is 153 cm³/mol. The number of rotatable bonds is 5. The van der Waals surface area contributed by atoms with E-state index in [9.17, 15) is 9.59 Å². The second-order valence-electron chi connectivity index (χ2n) is 9.27. The summed E-state index contributed by atoms with van der Waals surface area (Å²) in [4.78, 5) is 32.6. The Bertz CT molecular complexity index is 1030. The van der Waals surface area contributed by atoms with Gasteiger partial charge in [0.1, 0.15) is 0 Å². The molecule has 0 aliphatic carbocycles. The smallest absolute Gasteiger partial charge is 0.338 e. The number of allylic oxidation sites excluding steroid dienone is 3. The van der Waals surface area contributed by atoms with E-state index in [1.165, 1.54) is 0 Å². The fourth-order valence-electron chi connectivity index (χ4n) is 4.26. The molecule has 2 aliphatic rings. The van der Waals surface area contributed by atoms with Gasteiger partial charge in [0.05, 0.1) is 24.5 Å². The lowest BCUT2D eigenvalue weighted by molar-refractivity contribution is -0.137. The van der Waals surface area contributed by atoms with Gasteiger partial charge >= 0.3 is 5.97 Å². The van der Waals surface area contributed by atoms with Crippen LogP contribution in [0.4, 0.5) is 0 Å². The van der Waals surface area contributed by atoms with Crippen molar-refractivity contribution in [2.75, 3.05) is 40.0 Å². The van der Waals surface area contributed by atoms with E-state index < -0.39 is 0 Å². The van der Waals surface area contributed by atoms with Gasteiger partial charge in [-0.3, -0.25) is 4.79 Å². The Labute approximate surface area is 232 Å². The van der Waals surface area contributed by atoms with Crippen LogP contribution >= 0.6 is 11.6 Å². The summed E-state index contributed by atoms with van der Waals surface area (Å²) in [6.07, 6.45) is 15.6. The maximum Gasteiger partial charge on any atom is 0.338 e. The van der Waals surface area contributed by atoms with Crippen LogP contribution in [-0.2, 0) is 25.5 Å². The number of likely N-dealkylation sites (tertiary alicyclic amines) is 1. The molecule has 38 heavy (non-hydrogen) atoms. The Kier molecular flexibility index (Phi) is 14.5. The van der Waals surface area contributed by atoms with Crippen molar-refractivity contribution in [1.82, 2.24) is 4.90 Å². The number of methoxy groups -OCH3 is 1. The lowest BCUT2D eigenvalue weighted by Crippen LogP contribution is -2.37. The van der Waals surface area contributed by atoms with Gasteiger partial charge < -0.3 is 19.2 Å². The van der Waals surface area contributed by atoms with Crippen molar-refractivity contribution in [3.63, 3.8) is 0 Å². The minimum Gasteiger partial charge on any atom is -0.462 e. The van der Waals surface area contributed by atoms with Crippen LogP contribution in [0.25, 0.3) is 0 Å². The minimum absolute atomic E-state index is 0.0530. The molecule has 2 heterocycles. The number of carbonyl (C=O) groups is 2. The molecule has 1 fully saturated rings. The molecule has 0 saturated carbocycles. The van der Waals surface area contributed by atoms with Crippen molar-refractivity contribution in [1.29, 1.82) is 0 Å². The number of aryl methyl sites for hydroxylation is 2. The molecule has 0 atom stereocenters. The van der Waals surface area contributed by atoms with E-state index in [1.807, 2.05) is 43.0 Å². The number of nitrogens with zero attached hydrogens (tertiary/aromatic N) is 2. The molecule has 0 radical (unpaired) electrons. The Hall–Kier alpha value is -2.90. The highest BCUT2D eigenvalue weighted by Crippen LogP contribution is 2.29. The van der Waals surface area contributed by atoms with Gasteiger partial charge in [-0.15, -0.1) is 6.58 Å². The van der Waals surface area contributed by atoms with Crippen LogP contribution in [0.3, 0.4) is 0 Å². The number of esters is 1. The Balaban J connectivity index is 0.000000926. The lowest BCUT2D eigenvalue weighted by Gasteiger charge is -2.26. The highest BCUT2D eigenvalue weighted by atomic mass is 35.5. The van der Waals surface area contributed by atoms with Crippen molar-refractivity contribution >= 4 is 29.2 Å². The van der Waals surface area contributed by atoms with Gasteiger partial charge in [-0.05, 0) is 75.1 Å². The lowest BCUT2D eigenvalue weighted by atomic mass is 9.94. The van der Waals surface area contributed by atoms with Crippen LogP contribution in [0.5, 0.6) is 0 Å². The van der Waals surface area contributed by atoms with Gasteiger partial charge in [0.15, 0.2) is 6.61 Å². The second-order valence-corrected chi connectivity index (χ2v) is 9.65. The molecular weight excluding hydrogens is 504 g/mol. The van der Waals surface area contributed by atoms with E-state index in [2.05, 4.69) is 22.5 Å². The van der Waals surface area contributed by atoms with Crippen LogP contribution in [0, 0.1) is 13.8 Å². The number of oxime groups is 1. The fourth-order valence-corrected chi connectivity index (χ4v) is 4.48. The number of fused-ring (bicyclic) bond motifs is 1. The summed E-state index contributed by atoms with van der Waals surface area (Å²) >= 11 is 6.65. The number of piperidine rings is 1. The molecule has 1 aromatic rings. The first-order valence-corrected chi connectivity index (χ1v) is 13.6. The van der Waals surface area contributed by atoms with Gasteiger partial charge in [0.2, 0.25) is 0 Å². The van der Waals surface area contributed by atoms with Crippen molar-refractivity contribution in [2.45, 2.75) is 58.8 Å². The summed E-state index contributed by atoms with van der Waals surface area (Å²) in [6, 6.07) is 1.89. The number of amides is 1. The first-order chi connectivity index (χ1) is 18.4. The summed E-state index contributed by atoms with van der Waals surface area (Å²) in [5.74, 6) is -0.442. The fraction of sp³-hybridized carbons (Fsp3) is 0.500. The zero-order valence-corrected chi connectivity index (χ0v) is 23.7. The van der Waals surface area contributed by atoms with E-state index in [0.717, 1.165) is 56.3 Å². The highest BCUT2D eigenvalue weighted by Gasteiger charge is 2.22. The number of cyclic esters (lactones) is 1. The molecule has 208 valence electrons. The Morgan fingerprint density at radius 3 is 2.53 bits per heavy atom. The number of hydrogen-bond donors (Lipinski definition) is 0. The van der Waals surface area contributed by atoms with Crippen molar-refractivity contribution < 1.29 is 23.9 Å². The van der Waals surface area contributed by atoms with Crippen LogP contribution in [0.2, 0.25) is 5.02 Å². The van der Waals surface area contributed by atoms with Gasteiger partial charge in [0.25, 0.3) is 5.91 Å². The second kappa shape index (κ2) is 17.6. The van der Waals surface area contributed by atoms with Crippen LogP contribution in [-0.4, -0.2) is 62.5 Å². The van der Waals surface area contributed by atoms with Crippen LogP contribution in [0.15, 0.2) is 48.2 Å². The molecular formula is C30H41ClN2O5. The standard InChI is InChI=1S/C26H33ClN2O4.C4H8O/c1-19-16-20(2)25(27)22-17-21(28-33-18-23(30)29-13-9-7-10-14-29)12-8-5-3-4-6-11-15-32-26(31)24(19)22;1-3-4-5-2/h4,6,8,12,16H,3,5,7,9-11,13-15,17-18H2,1-2H3;3H,1,4H2,2H3/b6-4+,12-8+,28-21?;. The molecule has 0 unspecified atom stereocenters. The molecule has 3 rings (SSSR count). The molecule has 1 amide bonds. The average molecular weight is 545 g/mol. The zero-order valence-electron chi connectivity index (χ0n) is 23.0. The number of carbonyl (C=O) groups excluding carboxylic acids is 2. The van der Waals surface area contributed by atoms with E-state index in [1.54, 1.807) is 13.2 Å². The average Bonchev–Trinajstić information content (AvgIpc) is 2.91. The summed E-state index contributed by atoms with van der Waals surface area (Å²) in [6.45, 7) is 9.64. The van der Waals surface area contributed by atoms with Gasteiger partial charge in [-0.25, -0.2) is 4.79 Å². The number of ether oxygens (including phenoxy) is 2. The third-order valence-corrected chi connectivity index (χ3v) is 6.69. The van der Waals surface area contributed by atoms with Crippen LogP contribution < -0.4 is 0 Å². The summed E-state index contributed by atoms with van der Waals surface area (Å²) in [5.41, 5.74) is 3.43. The van der Waals surface area contributed by atoms with Gasteiger partial charge in [-0.1, -0.05) is 47.1 Å². The Morgan fingerprint density at radius 1 is 1.13 bits per heavy atom. The molecule has 0 N–H and O–H groups in total. The van der Waals surface area contributed by atoms with Crippen molar-refractivity contribution in [3.05, 3.63) is 70.3 Å². The maximum absolute atomic E-state index is 12.9. The SMILES string of the molecule is C=CCOC.Cc1cc(C)c2c(c1Cl)CC(=NOCC(=O)N1CCCCC1)/C=C/CC/C=C/CCOC2=O. The molecule has 0 bridgehead atoms. The molecule has 7 nitrogen and oxygen atoms in total. The predicted octanol–water partition coefficient (Wildman–Crippen LogP) is 6.16. The summed E-state index contributed by atoms with van der Waals surface area (Å²) in [5, 5.41) is 4.78. The largest absolute Gasteiger partial charge is 0.462 e. The van der Waals surface area contributed by atoms with E-state index in [-0.39, 0.29) is 18.5 Å². The third-order valence-electron chi connectivity index (χ3n) is 6.16. The number of halogens is 1. The number of benzene rings is 1. The van der Waals surface area contributed by atoms with E-state index in [4.69, 9.17) is 21.2 Å². The minimum atomic E-state index is -0.389. The van der Waals surface area contributed by atoms with Gasteiger partial charge in [0, 0.05) is 31.6 Å². The molecule has 0 aromatic heterocycles. The van der Waals surface area contributed by atoms with Crippen LogP contribution in [0.1, 0.15) is 65.6 Å². The first kappa shape index (κ1) is 31.3. The molecule has 1 aromatic carbocycles. The molecule has 8 heteroatoms. The maximum atomic E-state index is 12.9. The molecule has 2 aliphatic heterocycles. The normalized spacial score (nSPS) is 19.2. The topological polar surface area (TPSA) is 77.4 Å². The van der Waals surface area contributed by atoms with E-state index >= 15 is 0 Å². The summed E-state index contributed by atoms with van der Waals surface area (Å²) in [7, 11) is 1.64. The van der Waals surface area contributed by atoms with E-state index in [0.29, 0.717) is 47.9 Å². The van der Waals surface area contributed by atoms with Crippen molar-refractivity contribution in [3.8, 4) is 0 Å². The zero-order chi connectivity index (χ0) is 27.8. The number of hydrogen-bond acceptors (Lipinski definition) is 6. The molecule has 0 spiro atoms. The monoisotopic (exact) mass is 544 g/mol. The van der Waals surface area contributed by atoms with Crippen molar-refractivity contribution in [2.24, 2.45) is 5.16 Å². The summed E-state index contributed by atoms with van der Waals surface area (Å²) < 4.78 is 10.1. The third kappa shape index (κ3) is 10.5. The van der Waals surface area contributed by atoms with Gasteiger partial charge in [-0.2, -0.15) is 0 Å². The Morgan fingerprint density at radius 2 is 1.84 bits per heavy atom. The quantitative estimate of drug-likeness (QED) is 0.252.